The Kier molecular flexibility index (Phi) is 5.21. The lowest BCUT2D eigenvalue weighted by atomic mass is 9.84. The van der Waals surface area contributed by atoms with Crippen molar-refractivity contribution in [2.24, 2.45) is 0 Å². The van der Waals surface area contributed by atoms with Crippen molar-refractivity contribution in [1.29, 1.82) is 0 Å². The van der Waals surface area contributed by atoms with Gasteiger partial charge in [-0.3, -0.25) is 19.6 Å². The third-order valence-corrected chi connectivity index (χ3v) is 6.90. The number of carbonyl (C=O) groups excluding carboxylic acids is 2. The number of aromatic nitrogens is 2. The average molecular weight is 374 g/mol. The number of nitrogens with zero attached hydrogens (tertiary/aromatic N) is 3. The van der Waals surface area contributed by atoms with Gasteiger partial charge in [0.25, 0.3) is 5.91 Å². The van der Waals surface area contributed by atoms with E-state index in [4.69, 9.17) is 0 Å². The molecule has 1 aromatic heterocycles. The van der Waals surface area contributed by atoms with Gasteiger partial charge in [-0.2, -0.15) is 5.10 Å². The molecule has 148 valence electrons. The van der Waals surface area contributed by atoms with Crippen molar-refractivity contribution >= 4 is 11.8 Å². The number of hydrogen-bond donors (Lipinski definition) is 2. The average Bonchev–Trinajstić information content (AvgIpc) is 3.16. The van der Waals surface area contributed by atoms with E-state index >= 15 is 0 Å². The zero-order valence-electron chi connectivity index (χ0n) is 16.3. The van der Waals surface area contributed by atoms with Gasteiger partial charge in [0.05, 0.1) is 17.5 Å². The van der Waals surface area contributed by atoms with Crippen LogP contribution in [0.2, 0.25) is 0 Å². The Hall–Kier alpha value is -1.89. The van der Waals surface area contributed by atoms with E-state index in [-0.39, 0.29) is 11.8 Å². The topological polar surface area (TPSA) is 81.3 Å². The highest BCUT2D eigenvalue weighted by molar-refractivity contribution is 5.95. The first-order valence-corrected chi connectivity index (χ1v) is 10.4. The largest absolute Gasteiger partial charge is 0.354 e. The number of amides is 2. The summed E-state index contributed by atoms with van der Waals surface area (Å²) in [5.41, 5.74) is 1.29. The molecule has 0 aromatic carbocycles. The fourth-order valence-electron chi connectivity index (χ4n) is 5.10. The molecule has 1 aromatic rings. The van der Waals surface area contributed by atoms with Gasteiger partial charge < -0.3 is 10.2 Å². The van der Waals surface area contributed by atoms with Crippen LogP contribution in [0.1, 0.15) is 73.3 Å². The number of carbonyl (C=O) groups is 2. The maximum absolute atomic E-state index is 13.2. The Balaban J connectivity index is 1.46. The number of likely N-dealkylation sites (tertiary alicyclic amines) is 1. The minimum atomic E-state index is -0.462. The maximum Gasteiger partial charge on any atom is 0.257 e. The summed E-state index contributed by atoms with van der Waals surface area (Å²) in [6.07, 6.45) is 10.1. The smallest absolute Gasteiger partial charge is 0.257 e. The molecule has 2 amide bonds. The van der Waals surface area contributed by atoms with Crippen LogP contribution in [0, 0.1) is 0 Å². The first kappa shape index (κ1) is 18.5. The molecule has 0 atom stereocenters. The van der Waals surface area contributed by atoms with Gasteiger partial charge in [0.15, 0.2) is 0 Å². The van der Waals surface area contributed by atoms with Crippen LogP contribution < -0.4 is 5.32 Å². The molecule has 0 radical (unpaired) electrons. The molecule has 7 nitrogen and oxygen atoms in total. The Morgan fingerprint density at radius 1 is 1.15 bits per heavy atom. The molecule has 4 rings (SSSR count). The van der Waals surface area contributed by atoms with Crippen molar-refractivity contribution < 1.29 is 9.59 Å². The highest BCUT2D eigenvalue weighted by atomic mass is 16.2. The van der Waals surface area contributed by atoms with Crippen LogP contribution in [0.3, 0.4) is 0 Å². The highest BCUT2D eigenvalue weighted by Crippen LogP contribution is 2.35. The normalized spacial score (nSPS) is 24.6. The minimum absolute atomic E-state index is 0.0656. The van der Waals surface area contributed by atoms with Gasteiger partial charge in [-0.05, 0) is 39.2 Å². The molecule has 2 aliphatic heterocycles. The first-order chi connectivity index (χ1) is 13.1. The van der Waals surface area contributed by atoms with Crippen LogP contribution in [0.5, 0.6) is 0 Å². The SMILES string of the molecule is CN1CCCNC(=O)C12CCN(C(=O)c1cn[nH]c1C1CCCCC1)CC2. The molecule has 3 heterocycles. The van der Waals surface area contributed by atoms with Crippen LogP contribution in [-0.4, -0.2) is 70.6 Å². The van der Waals surface area contributed by atoms with Crippen molar-refractivity contribution in [3.05, 3.63) is 17.5 Å². The molecule has 7 heteroatoms. The van der Waals surface area contributed by atoms with Gasteiger partial charge in [0.1, 0.15) is 5.54 Å². The Bertz CT molecular complexity index is 686. The van der Waals surface area contributed by atoms with E-state index in [0.29, 0.717) is 31.8 Å². The first-order valence-electron chi connectivity index (χ1n) is 10.4. The van der Waals surface area contributed by atoms with Gasteiger partial charge in [-0.1, -0.05) is 19.3 Å². The zero-order chi connectivity index (χ0) is 18.9. The minimum Gasteiger partial charge on any atom is -0.354 e. The molecule has 3 aliphatic rings. The summed E-state index contributed by atoms with van der Waals surface area (Å²) in [7, 11) is 2.04. The van der Waals surface area contributed by atoms with E-state index in [1.54, 1.807) is 6.20 Å². The zero-order valence-corrected chi connectivity index (χ0v) is 16.3. The van der Waals surface area contributed by atoms with Crippen molar-refractivity contribution in [2.75, 3.05) is 33.2 Å². The fourth-order valence-corrected chi connectivity index (χ4v) is 5.10. The molecule has 2 saturated heterocycles. The van der Waals surface area contributed by atoms with Gasteiger partial charge in [0.2, 0.25) is 5.91 Å². The number of rotatable bonds is 2. The van der Waals surface area contributed by atoms with Crippen molar-refractivity contribution in [3.8, 4) is 0 Å². The number of nitrogens with one attached hydrogen (secondary N) is 2. The second-order valence-corrected chi connectivity index (χ2v) is 8.39. The van der Waals surface area contributed by atoms with Crippen LogP contribution in [0.15, 0.2) is 6.20 Å². The van der Waals surface area contributed by atoms with Crippen molar-refractivity contribution in [1.82, 2.24) is 25.3 Å². The highest BCUT2D eigenvalue weighted by Gasteiger charge is 2.46. The Morgan fingerprint density at radius 3 is 2.63 bits per heavy atom. The molecule has 2 N–H and O–H groups in total. The lowest BCUT2D eigenvalue weighted by Crippen LogP contribution is -2.61. The summed E-state index contributed by atoms with van der Waals surface area (Å²) in [5.74, 6) is 0.617. The Morgan fingerprint density at radius 2 is 1.89 bits per heavy atom. The third kappa shape index (κ3) is 3.37. The van der Waals surface area contributed by atoms with Gasteiger partial charge in [-0.25, -0.2) is 0 Å². The number of H-pyrrole nitrogens is 1. The second-order valence-electron chi connectivity index (χ2n) is 8.39. The summed E-state index contributed by atoms with van der Waals surface area (Å²) in [4.78, 5) is 30.0. The molecule has 1 aliphatic carbocycles. The fraction of sp³-hybridized carbons (Fsp3) is 0.750. The van der Waals surface area contributed by atoms with E-state index in [1.165, 1.54) is 19.3 Å². The number of piperidine rings is 1. The Labute approximate surface area is 160 Å². The summed E-state index contributed by atoms with van der Waals surface area (Å²) in [6.45, 7) is 2.89. The number of hydrogen-bond acceptors (Lipinski definition) is 4. The summed E-state index contributed by atoms with van der Waals surface area (Å²) in [6, 6.07) is 0. The molecule has 27 heavy (non-hydrogen) atoms. The summed E-state index contributed by atoms with van der Waals surface area (Å²) >= 11 is 0. The lowest BCUT2D eigenvalue weighted by Gasteiger charge is -2.45. The van der Waals surface area contributed by atoms with Crippen LogP contribution >= 0.6 is 0 Å². The van der Waals surface area contributed by atoms with Crippen LogP contribution in [0.4, 0.5) is 0 Å². The maximum atomic E-state index is 13.2. The molecular formula is C20H31N5O2. The quantitative estimate of drug-likeness (QED) is 0.829. The molecule has 0 unspecified atom stereocenters. The molecule has 0 bridgehead atoms. The number of likely N-dealkylation sites (N-methyl/N-ethyl adjacent to an activating group) is 1. The molecular weight excluding hydrogens is 342 g/mol. The standard InChI is InChI=1S/C20H31N5O2/c1-24-11-5-10-21-19(27)20(24)8-12-25(13-9-20)18(26)16-14-22-23-17(16)15-6-3-2-4-7-15/h14-15H,2-13H2,1H3,(H,21,27)(H,22,23). The predicted octanol–water partition coefficient (Wildman–Crippen LogP) is 1.88. The summed E-state index contributed by atoms with van der Waals surface area (Å²) < 4.78 is 0. The molecule has 1 spiro atoms. The molecule has 3 fully saturated rings. The van der Waals surface area contributed by atoms with E-state index in [1.807, 2.05) is 11.9 Å². The van der Waals surface area contributed by atoms with Gasteiger partial charge in [0, 0.05) is 32.1 Å². The third-order valence-electron chi connectivity index (χ3n) is 6.90. The summed E-state index contributed by atoms with van der Waals surface area (Å²) in [5, 5.41) is 10.4. The molecule has 1 saturated carbocycles. The van der Waals surface area contributed by atoms with Gasteiger partial charge >= 0.3 is 0 Å². The second kappa shape index (κ2) is 7.62. The van der Waals surface area contributed by atoms with E-state index in [0.717, 1.165) is 43.6 Å². The van der Waals surface area contributed by atoms with Crippen molar-refractivity contribution in [3.63, 3.8) is 0 Å². The number of aromatic amines is 1. The van der Waals surface area contributed by atoms with Crippen LogP contribution in [0.25, 0.3) is 0 Å². The van der Waals surface area contributed by atoms with E-state index < -0.39 is 5.54 Å². The van der Waals surface area contributed by atoms with Crippen molar-refractivity contribution in [2.45, 2.75) is 62.8 Å². The van der Waals surface area contributed by atoms with E-state index in [9.17, 15) is 9.59 Å². The predicted molar refractivity (Wildman–Crippen MR) is 103 cm³/mol. The lowest BCUT2D eigenvalue weighted by molar-refractivity contribution is -0.134. The van der Waals surface area contributed by atoms with E-state index in [2.05, 4.69) is 20.4 Å². The monoisotopic (exact) mass is 373 g/mol. The van der Waals surface area contributed by atoms with Gasteiger partial charge in [-0.15, -0.1) is 0 Å². The van der Waals surface area contributed by atoms with Crippen LogP contribution in [-0.2, 0) is 4.79 Å².